The van der Waals surface area contributed by atoms with Crippen molar-refractivity contribution in [1.82, 2.24) is 20.5 Å². The van der Waals surface area contributed by atoms with E-state index in [2.05, 4.69) is 25.8 Å². The van der Waals surface area contributed by atoms with Crippen molar-refractivity contribution in [3.63, 3.8) is 0 Å². The number of nitrogens with one attached hydrogen (secondary N) is 3. The topological polar surface area (TPSA) is 101 Å². The molecule has 27 heavy (non-hydrogen) atoms. The Labute approximate surface area is 158 Å². The smallest absolute Gasteiger partial charge is 0.407 e. The summed E-state index contributed by atoms with van der Waals surface area (Å²) in [6, 6.07) is 5.80. The van der Waals surface area contributed by atoms with E-state index in [0.717, 1.165) is 49.3 Å². The minimum absolute atomic E-state index is 0.0355. The third kappa shape index (κ3) is 4.50. The lowest BCUT2D eigenvalue weighted by atomic mass is 10.0. The molecule has 0 aromatic carbocycles. The third-order valence-corrected chi connectivity index (χ3v) is 5.10. The first-order chi connectivity index (χ1) is 13.2. The Morgan fingerprint density at radius 2 is 2.15 bits per heavy atom. The SMILES string of the molecule is C[C@H]1CCCOc2cc(ccn2)Nc2cc([nH]n2)[C@H]2CCC(C2)OC(=O)N1. The first-order valence-electron chi connectivity index (χ1n) is 9.54. The molecule has 2 aliphatic rings. The Hall–Kier alpha value is -2.77. The average molecular weight is 371 g/mol. The van der Waals surface area contributed by atoms with Gasteiger partial charge < -0.3 is 20.1 Å². The standard InChI is InChI=1S/C19H25N5O3/c1-12-3-2-8-26-18-10-14(6-7-20-18)22-17-11-16(23-24-17)13-4-5-15(9-13)27-19(25)21-12/h6-7,10-13,15H,2-5,8-9H2,1H3,(H,21,25)(H2,22,23,24)/t12-,13-,15?/m0/s1. The van der Waals surface area contributed by atoms with Gasteiger partial charge in [-0.05, 0) is 45.1 Å². The molecule has 2 aromatic rings. The van der Waals surface area contributed by atoms with Crippen molar-refractivity contribution in [2.24, 2.45) is 0 Å². The summed E-state index contributed by atoms with van der Waals surface area (Å²) < 4.78 is 11.3. The fraction of sp³-hybridized carbons (Fsp3) is 0.526. The van der Waals surface area contributed by atoms with Crippen LogP contribution in [0.3, 0.4) is 0 Å². The predicted octanol–water partition coefficient (Wildman–Crippen LogP) is 3.47. The van der Waals surface area contributed by atoms with Crippen molar-refractivity contribution in [1.29, 1.82) is 0 Å². The number of nitrogens with zero attached hydrogens (tertiary/aromatic N) is 2. The van der Waals surface area contributed by atoms with E-state index in [-0.39, 0.29) is 18.2 Å². The lowest BCUT2D eigenvalue weighted by Gasteiger charge is -2.17. The highest BCUT2D eigenvalue weighted by Crippen LogP contribution is 2.36. The molecule has 4 rings (SSSR count). The molecule has 1 unspecified atom stereocenters. The lowest BCUT2D eigenvalue weighted by Crippen LogP contribution is -2.35. The van der Waals surface area contributed by atoms with Crippen molar-refractivity contribution in [2.45, 2.75) is 57.1 Å². The van der Waals surface area contributed by atoms with Gasteiger partial charge in [-0.3, -0.25) is 5.10 Å². The number of hydrogen-bond donors (Lipinski definition) is 3. The summed E-state index contributed by atoms with van der Waals surface area (Å²) in [6.07, 6.45) is 5.62. The van der Waals surface area contributed by atoms with Crippen LogP contribution in [0, 0.1) is 0 Å². The Morgan fingerprint density at radius 1 is 1.22 bits per heavy atom. The quantitative estimate of drug-likeness (QED) is 0.655. The number of carbonyl (C=O) groups excluding carboxylic acids is 1. The Balaban J connectivity index is 1.52. The summed E-state index contributed by atoms with van der Waals surface area (Å²) in [5.74, 6) is 1.63. The van der Waals surface area contributed by atoms with E-state index in [4.69, 9.17) is 9.47 Å². The Kier molecular flexibility index (Phi) is 5.13. The number of hydrogen-bond acceptors (Lipinski definition) is 6. The van der Waals surface area contributed by atoms with Crippen LogP contribution in [0.2, 0.25) is 0 Å². The number of aromatic amines is 1. The number of amides is 1. The van der Waals surface area contributed by atoms with Crippen LogP contribution in [0.15, 0.2) is 24.4 Å². The van der Waals surface area contributed by atoms with Crippen molar-refractivity contribution in [3.05, 3.63) is 30.1 Å². The molecule has 8 heteroatoms. The van der Waals surface area contributed by atoms with Gasteiger partial charge in [0.2, 0.25) is 5.88 Å². The van der Waals surface area contributed by atoms with E-state index < -0.39 is 0 Å². The van der Waals surface area contributed by atoms with Gasteiger partial charge in [0.15, 0.2) is 5.82 Å². The summed E-state index contributed by atoms with van der Waals surface area (Å²) in [7, 11) is 0. The average Bonchev–Trinajstić information content (AvgIpc) is 3.28. The number of H-pyrrole nitrogens is 1. The Bertz CT molecular complexity index is 793. The maximum Gasteiger partial charge on any atom is 0.407 e. The van der Waals surface area contributed by atoms with Gasteiger partial charge in [-0.1, -0.05) is 0 Å². The summed E-state index contributed by atoms with van der Waals surface area (Å²) in [5, 5.41) is 13.7. The minimum Gasteiger partial charge on any atom is -0.478 e. The molecule has 0 spiro atoms. The van der Waals surface area contributed by atoms with Gasteiger partial charge in [-0.25, -0.2) is 9.78 Å². The molecule has 1 saturated carbocycles. The van der Waals surface area contributed by atoms with Gasteiger partial charge in [-0.2, -0.15) is 5.10 Å². The number of rotatable bonds is 0. The molecule has 3 atom stereocenters. The van der Waals surface area contributed by atoms with Gasteiger partial charge in [0.05, 0.1) is 6.61 Å². The summed E-state index contributed by atoms with van der Waals surface area (Å²) >= 11 is 0. The van der Waals surface area contributed by atoms with Gasteiger partial charge in [0.25, 0.3) is 0 Å². The van der Waals surface area contributed by atoms with Crippen LogP contribution in [0.1, 0.15) is 50.6 Å². The zero-order valence-corrected chi connectivity index (χ0v) is 15.4. The second-order valence-electron chi connectivity index (χ2n) is 7.29. The van der Waals surface area contributed by atoms with E-state index in [1.807, 2.05) is 25.1 Å². The highest BCUT2D eigenvalue weighted by molar-refractivity contribution is 5.67. The number of carbonyl (C=O) groups is 1. The molecule has 144 valence electrons. The molecule has 6 bridgehead atoms. The first-order valence-corrected chi connectivity index (χ1v) is 9.54. The molecule has 1 aliphatic carbocycles. The molecule has 0 radical (unpaired) electrons. The molecule has 2 aromatic heterocycles. The number of aromatic nitrogens is 3. The van der Waals surface area contributed by atoms with E-state index in [1.165, 1.54) is 0 Å². The van der Waals surface area contributed by atoms with Crippen molar-refractivity contribution < 1.29 is 14.3 Å². The summed E-state index contributed by atoms with van der Waals surface area (Å²) in [5.41, 5.74) is 1.94. The number of anilines is 2. The highest BCUT2D eigenvalue weighted by atomic mass is 16.6. The van der Waals surface area contributed by atoms with Crippen molar-refractivity contribution in [2.75, 3.05) is 11.9 Å². The fourth-order valence-corrected chi connectivity index (χ4v) is 3.68. The highest BCUT2D eigenvalue weighted by Gasteiger charge is 2.30. The van der Waals surface area contributed by atoms with E-state index >= 15 is 0 Å². The Morgan fingerprint density at radius 3 is 3.07 bits per heavy atom. The number of pyridine rings is 1. The largest absolute Gasteiger partial charge is 0.478 e. The van der Waals surface area contributed by atoms with Crippen LogP contribution >= 0.6 is 0 Å². The maximum atomic E-state index is 12.1. The third-order valence-electron chi connectivity index (χ3n) is 5.10. The number of ether oxygens (including phenoxy) is 2. The number of fused-ring (bicyclic) bond motifs is 7. The fourth-order valence-electron chi connectivity index (χ4n) is 3.68. The van der Waals surface area contributed by atoms with Gasteiger partial charge in [-0.15, -0.1) is 0 Å². The zero-order chi connectivity index (χ0) is 18.6. The molecule has 0 saturated heterocycles. The summed E-state index contributed by atoms with van der Waals surface area (Å²) in [6.45, 7) is 2.51. The van der Waals surface area contributed by atoms with Crippen LogP contribution in [-0.2, 0) is 4.74 Å². The lowest BCUT2D eigenvalue weighted by molar-refractivity contribution is 0.0969. The van der Waals surface area contributed by atoms with E-state index in [1.54, 1.807) is 6.20 Å². The van der Waals surface area contributed by atoms with E-state index in [9.17, 15) is 4.79 Å². The predicted molar refractivity (Wildman–Crippen MR) is 100 cm³/mol. The molecule has 8 nitrogen and oxygen atoms in total. The molecule has 3 N–H and O–H groups in total. The van der Waals surface area contributed by atoms with Crippen molar-refractivity contribution >= 4 is 17.6 Å². The van der Waals surface area contributed by atoms with Crippen LogP contribution in [0.25, 0.3) is 0 Å². The zero-order valence-electron chi connectivity index (χ0n) is 15.4. The second kappa shape index (κ2) is 7.85. The first kappa shape index (κ1) is 17.6. The number of alkyl carbamates (subject to hydrolysis) is 1. The van der Waals surface area contributed by atoms with Crippen molar-refractivity contribution in [3.8, 4) is 5.88 Å². The molecule has 1 aliphatic heterocycles. The molecular formula is C19H25N5O3. The van der Waals surface area contributed by atoms with Crippen LogP contribution in [0.4, 0.5) is 16.3 Å². The normalized spacial score (nSPS) is 26.0. The van der Waals surface area contributed by atoms with Crippen LogP contribution < -0.4 is 15.4 Å². The molecule has 3 heterocycles. The molecular weight excluding hydrogens is 346 g/mol. The monoisotopic (exact) mass is 371 g/mol. The van der Waals surface area contributed by atoms with Gasteiger partial charge in [0, 0.05) is 41.7 Å². The molecule has 1 fully saturated rings. The second-order valence-corrected chi connectivity index (χ2v) is 7.29. The van der Waals surface area contributed by atoms with Gasteiger partial charge in [0.1, 0.15) is 6.10 Å². The summed E-state index contributed by atoms with van der Waals surface area (Å²) in [4.78, 5) is 16.4. The van der Waals surface area contributed by atoms with Crippen LogP contribution in [-0.4, -0.2) is 40.0 Å². The van der Waals surface area contributed by atoms with E-state index in [0.29, 0.717) is 18.4 Å². The van der Waals surface area contributed by atoms with Crippen LogP contribution in [0.5, 0.6) is 5.88 Å². The molecule has 1 amide bonds. The van der Waals surface area contributed by atoms with Gasteiger partial charge >= 0.3 is 6.09 Å². The maximum absolute atomic E-state index is 12.1. The minimum atomic E-state index is -0.337.